The highest BCUT2D eigenvalue weighted by Gasteiger charge is 2.30. The van der Waals surface area contributed by atoms with Crippen LogP contribution in [-0.4, -0.2) is 0 Å². The minimum Gasteiger partial charge on any atom is -0.337 e. The first-order valence-electron chi connectivity index (χ1n) is 16.7. The van der Waals surface area contributed by atoms with Crippen LogP contribution >= 0.6 is 0 Å². The van der Waals surface area contributed by atoms with Gasteiger partial charge in [-0.05, 0) is 89.0 Å². The molecule has 0 radical (unpaired) electrons. The van der Waals surface area contributed by atoms with Crippen LogP contribution in [0.25, 0.3) is 22.4 Å². The smallest absolute Gasteiger partial charge is 0.0628 e. The SMILES string of the molecule is CC1CC(c2ccc(N(c3ccccc3)c3cccc4ccccc34)cc2)=CC=C1N(c1ccccc1)C1CC=Cc2ccccc21. The molecule has 228 valence electrons. The molecule has 0 fully saturated rings. The molecule has 0 saturated heterocycles. The Morgan fingerprint density at radius 1 is 0.574 bits per heavy atom. The molecule has 47 heavy (non-hydrogen) atoms. The fraction of sp³-hybridized carbons (Fsp3) is 0.111. The topological polar surface area (TPSA) is 6.48 Å². The van der Waals surface area contributed by atoms with Crippen molar-refractivity contribution in [2.24, 2.45) is 5.92 Å². The van der Waals surface area contributed by atoms with Gasteiger partial charge >= 0.3 is 0 Å². The van der Waals surface area contributed by atoms with Crippen molar-refractivity contribution >= 4 is 45.2 Å². The van der Waals surface area contributed by atoms with Gasteiger partial charge in [-0.25, -0.2) is 0 Å². The van der Waals surface area contributed by atoms with Crippen molar-refractivity contribution < 1.29 is 0 Å². The lowest BCUT2D eigenvalue weighted by atomic mass is 9.85. The summed E-state index contributed by atoms with van der Waals surface area (Å²) in [6.07, 6.45) is 11.3. The largest absolute Gasteiger partial charge is 0.337 e. The molecule has 8 rings (SSSR count). The number of benzene rings is 6. The molecule has 2 unspecified atom stereocenters. The second-order valence-electron chi connectivity index (χ2n) is 12.6. The molecule has 2 aliphatic carbocycles. The Kier molecular flexibility index (Phi) is 7.77. The normalized spacial score (nSPS) is 17.0. The maximum Gasteiger partial charge on any atom is 0.0628 e. The quantitative estimate of drug-likeness (QED) is 0.178. The molecule has 2 aliphatic rings. The van der Waals surface area contributed by atoms with Crippen LogP contribution < -0.4 is 9.80 Å². The Hall–Kier alpha value is -5.60. The van der Waals surface area contributed by atoms with Crippen molar-refractivity contribution in [3.63, 3.8) is 0 Å². The van der Waals surface area contributed by atoms with Crippen molar-refractivity contribution in [1.29, 1.82) is 0 Å². The zero-order valence-electron chi connectivity index (χ0n) is 26.7. The van der Waals surface area contributed by atoms with Crippen LogP contribution in [0.3, 0.4) is 0 Å². The van der Waals surface area contributed by atoms with Crippen LogP contribution in [0.15, 0.2) is 176 Å². The van der Waals surface area contributed by atoms with E-state index in [1.807, 2.05) is 0 Å². The molecule has 0 aromatic heterocycles. The summed E-state index contributed by atoms with van der Waals surface area (Å²) in [5.41, 5.74) is 11.5. The number of fused-ring (bicyclic) bond motifs is 2. The van der Waals surface area contributed by atoms with E-state index in [0.717, 1.165) is 24.2 Å². The molecule has 2 nitrogen and oxygen atoms in total. The van der Waals surface area contributed by atoms with Gasteiger partial charge in [0.25, 0.3) is 0 Å². The van der Waals surface area contributed by atoms with E-state index in [1.54, 1.807) is 0 Å². The molecular weight excluding hydrogens is 569 g/mol. The fourth-order valence-electron chi connectivity index (χ4n) is 7.38. The van der Waals surface area contributed by atoms with Crippen molar-refractivity contribution in [1.82, 2.24) is 0 Å². The van der Waals surface area contributed by atoms with Gasteiger partial charge in [0.2, 0.25) is 0 Å². The lowest BCUT2D eigenvalue weighted by molar-refractivity contribution is 0.589. The molecule has 2 atom stereocenters. The van der Waals surface area contributed by atoms with Gasteiger partial charge < -0.3 is 9.80 Å². The molecule has 0 amide bonds. The summed E-state index contributed by atoms with van der Waals surface area (Å²) in [5.74, 6) is 0.365. The van der Waals surface area contributed by atoms with Crippen LogP contribution in [0.2, 0.25) is 0 Å². The van der Waals surface area contributed by atoms with Gasteiger partial charge in [0.1, 0.15) is 0 Å². The van der Waals surface area contributed by atoms with Gasteiger partial charge in [0.15, 0.2) is 0 Å². The molecule has 0 N–H and O–H groups in total. The zero-order chi connectivity index (χ0) is 31.6. The van der Waals surface area contributed by atoms with E-state index in [0.29, 0.717) is 5.92 Å². The minimum absolute atomic E-state index is 0.263. The van der Waals surface area contributed by atoms with Gasteiger partial charge in [0.05, 0.1) is 11.7 Å². The number of para-hydroxylation sites is 2. The van der Waals surface area contributed by atoms with Crippen LogP contribution in [-0.2, 0) is 0 Å². The number of hydrogen-bond acceptors (Lipinski definition) is 2. The van der Waals surface area contributed by atoms with Crippen molar-refractivity contribution in [3.05, 3.63) is 192 Å². The summed E-state index contributed by atoms with van der Waals surface area (Å²) in [6, 6.07) is 55.0. The average molecular weight is 607 g/mol. The number of hydrogen-bond donors (Lipinski definition) is 0. The first kappa shape index (κ1) is 28.8. The van der Waals surface area contributed by atoms with Crippen LogP contribution in [0.4, 0.5) is 22.7 Å². The average Bonchev–Trinajstić information content (AvgIpc) is 3.14. The Labute approximate surface area is 278 Å². The third kappa shape index (κ3) is 5.57. The highest BCUT2D eigenvalue weighted by Crippen LogP contribution is 2.44. The van der Waals surface area contributed by atoms with Gasteiger partial charge in [-0.1, -0.05) is 134 Å². The molecule has 0 saturated carbocycles. The number of anilines is 4. The molecule has 0 heterocycles. The van der Waals surface area contributed by atoms with Crippen LogP contribution in [0.5, 0.6) is 0 Å². The highest BCUT2D eigenvalue weighted by molar-refractivity contribution is 5.98. The Morgan fingerprint density at radius 2 is 1.23 bits per heavy atom. The summed E-state index contributed by atoms with van der Waals surface area (Å²) in [4.78, 5) is 4.96. The third-order valence-electron chi connectivity index (χ3n) is 9.64. The second-order valence-corrected chi connectivity index (χ2v) is 12.6. The van der Waals surface area contributed by atoms with Gasteiger partial charge in [-0.3, -0.25) is 0 Å². The van der Waals surface area contributed by atoms with Crippen molar-refractivity contribution in [2.45, 2.75) is 25.8 Å². The molecule has 0 aliphatic heterocycles. The maximum absolute atomic E-state index is 2.59. The molecule has 0 bridgehead atoms. The van der Waals surface area contributed by atoms with E-state index in [1.165, 1.54) is 50.1 Å². The summed E-state index contributed by atoms with van der Waals surface area (Å²) in [7, 11) is 0. The number of allylic oxidation sites excluding steroid dienone is 4. The zero-order valence-corrected chi connectivity index (χ0v) is 26.7. The molecule has 0 spiro atoms. The maximum atomic E-state index is 2.59. The summed E-state index contributed by atoms with van der Waals surface area (Å²) < 4.78 is 0. The molecular formula is C45H38N2. The van der Waals surface area contributed by atoms with Crippen molar-refractivity contribution in [3.8, 4) is 0 Å². The Morgan fingerprint density at radius 3 is 2.02 bits per heavy atom. The lowest BCUT2D eigenvalue weighted by Crippen LogP contribution is -2.32. The first-order chi connectivity index (χ1) is 23.2. The van der Waals surface area contributed by atoms with Gasteiger partial charge in [-0.2, -0.15) is 0 Å². The molecule has 6 aromatic rings. The minimum atomic E-state index is 0.263. The Balaban J connectivity index is 1.15. The number of rotatable bonds is 7. The van der Waals surface area contributed by atoms with E-state index >= 15 is 0 Å². The van der Waals surface area contributed by atoms with Crippen molar-refractivity contribution in [2.75, 3.05) is 9.80 Å². The summed E-state index contributed by atoms with van der Waals surface area (Å²) >= 11 is 0. The fourth-order valence-corrected chi connectivity index (χ4v) is 7.38. The predicted molar refractivity (Wildman–Crippen MR) is 200 cm³/mol. The van der Waals surface area contributed by atoms with E-state index in [4.69, 9.17) is 0 Å². The standard InChI is InChI=1S/C45H38N2/c1-33-32-37(28-31-43(33)47(39-20-6-3-7-21-39)45-25-13-17-36-15-9-11-23-42(36)45)34-26-29-40(30-27-34)46(38-18-4-2-5-19-38)44-24-12-16-35-14-8-10-22-41(35)44/h2-24,26-31,33,45H,25,32H2,1H3. The Bertz CT molecular complexity index is 2100. The van der Waals surface area contributed by atoms with E-state index in [2.05, 4.69) is 193 Å². The summed E-state index contributed by atoms with van der Waals surface area (Å²) in [5, 5.41) is 2.48. The monoisotopic (exact) mass is 606 g/mol. The lowest BCUT2D eigenvalue weighted by Gasteiger charge is -2.40. The first-order valence-corrected chi connectivity index (χ1v) is 16.7. The number of nitrogens with zero attached hydrogens (tertiary/aromatic N) is 2. The van der Waals surface area contributed by atoms with Crippen LogP contribution in [0.1, 0.15) is 42.5 Å². The van der Waals surface area contributed by atoms with Gasteiger partial charge in [-0.15, -0.1) is 0 Å². The van der Waals surface area contributed by atoms with Gasteiger partial charge in [0, 0.05) is 34.1 Å². The van der Waals surface area contributed by atoms with Crippen LogP contribution in [0, 0.1) is 5.92 Å². The molecule has 6 aromatic carbocycles. The van der Waals surface area contributed by atoms with E-state index in [9.17, 15) is 0 Å². The second kappa shape index (κ2) is 12.7. The highest BCUT2D eigenvalue weighted by atomic mass is 15.2. The summed E-state index contributed by atoms with van der Waals surface area (Å²) in [6.45, 7) is 2.38. The third-order valence-corrected chi connectivity index (χ3v) is 9.64. The predicted octanol–water partition coefficient (Wildman–Crippen LogP) is 12.3. The van der Waals surface area contributed by atoms with E-state index in [-0.39, 0.29) is 6.04 Å². The van der Waals surface area contributed by atoms with E-state index < -0.39 is 0 Å². The molecule has 2 heteroatoms.